The minimum Gasteiger partial charge on any atom is -0.314 e. The fourth-order valence-corrected chi connectivity index (χ4v) is 2.67. The molecule has 1 aliphatic heterocycles. The second-order valence-electron chi connectivity index (χ2n) is 5.64. The number of nitrogens with one attached hydrogen (secondary N) is 2. The highest BCUT2D eigenvalue weighted by atomic mass is 14.9. The van der Waals surface area contributed by atoms with E-state index in [4.69, 9.17) is 0 Å². The van der Waals surface area contributed by atoms with Gasteiger partial charge in [0.05, 0.1) is 0 Å². The minimum absolute atomic E-state index is 0.709. The molecule has 0 aliphatic carbocycles. The van der Waals surface area contributed by atoms with Crippen LogP contribution in [0.2, 0.25) is 0 Å². The average Bonchev–Trinajstić information content (AvgIpc) is 2.36. The molecule has 0 aromatic rings. The molecule has 1 fully saturated rings. The molecule has 0 radical (unpaired) electrons. The van der Waals surface area contributed by atoms with Crippen LogP contribution in [0, 0.1) is 0 Å². The third-order valence-electron chi connectivity index (χ3n) is 3.88. The third kappa shape index (κ3) is 7.77. The number of piperidine rings is 1. The molecule has 2 nitrogen and oxygen atoms in total. The van der Waals surface area contributed by atoms with E-state index >= 15 is 0 Å². The summed E-state index contributed by atoms with van der Waals surface area (Å²) in [5.41, 5.74) is 0. The van der Waals surface area contributed by atoms with E-state index in [0.717, 1.165) is 6.04 Å². The second-order valence-corrected chi connectivity index (χ2v) is 5.64. The first kappa shape index (κ1) is 15.0. The molecule has 1 rings (SSSR count). The Hall–Kier alpha value is -0.0800. The maximum absolute atomic E-state index is 3.65. The van der Waals surface area contributed by atoms with Gasteiger partial charge in [-0.15, -0.1) is 0 Å². The summed E-state index contributed by atoms with van der Waals surface area (Å²) in [5, 5.41) is 7.27. The predicted octanol–water partition coefficient (Wildman–Crippen LogP) is 3.47. The molecule has 1 aliphatic rings. The van der Waals surface area contributed by atoms with Crippen molar-refractivity contribution < 1.29 is 0 Å². The molecule has 2 atom stereocenters. The van der Waals surface area contributed by atoms with E-state index in [0.29, 0.717) is 6.04 Å². The lowest BCUT2D eigenvalue weighted by Gasteiger charge is -2.23. The van der Waals surface area contributed by atoms with Crippen molar-refractivity contribution in [3.8, 4) is 0 Å². The Kier molecular flexibility index (Phi) is 8.72. The van der Waals surface area contributed by atoms with Crippen LogP contribution < -0.4 is 10.6 Å². The first-order valence-electron chi connectivity index (χ1n) is 7.79. The fraction of sp³-hybridized carbons (Fsp3) is 1.00. The van der Waals surface area contributed by atoms with Gasteiger partial charge >= 0.3 is 0 Å². The van der Waals surface area contributed by atoms with Gasteiger partial charge in [0, 0.05) is 12.1 Å². The number of unbranched alkanes of at least 4 members (excludes halogenated alkanes) is 2. The van der Waals surface area contributed by atoms with Crippen LogP contribution in [0.5, 0.6) is 0 Å². The lowest BCUT2D eigenvalue weighted by Crippen LogP contribution is -2.35. The molecule has 1 saturated heterocycles. The van der Waals surface area contributed by atoms with E-state index in [2.05, 4.69) is 24.5 Å². The molecular formula is C15H32N2. The molecule has 1 heterocycles. The van der Waals surface area contributed by atoms with E-state index in [1.165, 1.54) is 70.9 Å². The van der Waals surface area contributed by atoms with Crippen molar-refractivity contribution in [2.24, 2.45) is 0 Å². The largest absolute Gasteiger partial charge is 0.314 e. The Bertz CT molecular complexity index is 164. The van der Waals surface area contributed by atoms with Gasteiger partial charge in [0.1, 0.15) is 0 Å². The maximum Gasteiger partial charge on any atom is 0.00675 e. The van der Waals surface area contributed by atoms with Gasteiger partial charge in [0.25, 0.3) is 0 Å². The van der Waals surface area contributed by atoms with Gasteiger partial charge in [-0.1, -0.05) is 32.6 Å². The van der Waals surface area contributed by atoms with Crippen LogP contribution in [0.3, 0.4) is 0 Å². The Labute approximate surface area is 108 Å². The van der Waals surface area contributed by atoms with Crippen molar-refractivity contribution in [2.45, 2.75) is 83.7 Å². The molecule has 0 bridgehead atoms. The molecule has 102 valence electrons. The molecule has 0 amide bonds. The SMILES string of the molecule is CCCCCC(C)NCCCC1CCCCN1. The summed E-state index contributed by atoms with van der Waals surface area (Å²) in [6.45, 7) is 7.04. The molecular weight excluding hydrogens is 208 g/mol. The van der Waals surface area contributed by atoms with Crippen molar-refractivity contribution >= 4 is 0 Å². The lowest BCUT2D eigenvalue weighted by molar-refractivity contribution is 0.368. The van der Waals surface area contributed by atoms with Crippen molar-refractivity contribution in [3.05, 3.63) is 0 Å². The summed E-state index contributed by atoms with van der Waals surface area (Å²) in [4.78, 5) is 0. The van der Waals surface area contributed by atoms with Gasteiger partial charge in [-0.2, -0.15) is 0 Å². The Morgan fingerprint density at radius 1 is 1.24 bits per heavy atom. The van der Waals surface area contributed by atoms with Crippen molar-refractivity contribution in [3.63, 3.8) is 0 Å². The van der Waals surface area contributed by atoms with Gasteiger partial charge in [-0.3, -0.25) is 0 Å². The first-order valence-corrected chi connectivity index (χ1v) is 7.79. The van der Waals surface area contributed by atoms with Crippen LogP contribution >= 0.6 is 0 Å². The zero-order valence-corrected chi connectivity index (χ0v) is 11.9. The molecule has 0 saturated carbocycles. The van der Waals surface area contributed by atoms with Crippen molar-refractivity contribution in [1.82, 2.24) is 10.6 Å². The van der Waals surface area contributed by atoms with Crippen LogP contribution in [0.1, 0.15) is 71.6 Å². The maximum atomic E-state index is 3.65. The summed E-state index contributed by atoms with van der Waals surface area (Å²) >= 11 is 0. The van der Waals surface area contributed by atoms with Crippen LogP contribution in [0.4, 0.5) is 0 Å². The smallest absolute Gasteiger partial charge is 0.00675 e. The molecule has 0 aromatic carbocycles. The lowest BCUT2D eigenvalue weighted by atomic mass is 10.0. The van der Waals surface area contributed by atoms with Crippen LogP contribution in [0.15, 0.2) is 0 Å². The Morgan fingerprint density at radius 3 is 2.82 bits per heavy atom. The number of hydrogen-bond donors (Lipinski definition) is 2. The molecule has 17 heavy (non-hydrogen) atoms. The standard InChI is InChI=1S/C15H32N2/c1-3-4-5-9-14(2)16-13-8-11-15-10-6-7-12-17-15/h14-17H,3-13H2,1-2H3. The second kappa shape index (κ2) is 9.90. The van der Waals surface area contributed by atoms with E-state index in [-0.39, 0.29) is 0 Å². The predicted molar refractivity (Wildman–Crippen MR) is 76.5 cm³/mol. The third-order valence-corrected chi connectivity index (χ3v) is 3.88. The molecule has 2 heteroatoms. The van der Waals surface area contributed by atoms with Crippen LogP contribution in [-0.2, 0) is 0 Å². The van der Waals surface area contributed by atoms with Gasteiger partial charge in [0.15, 0.2) is 0 Å². The summed E-state index contributed by atoms with van der Waals surface area (Å²) < 4.78 is 0. The van der Waals surface area contributed by atoms with E-state index in [1.807, 2.05) is 0 Å². The summed E-state index contributed by atoms with van der Waals surface area (Å²) in [6, 6.07) is 1.52. The van der Waals surface area contributed by atoms with E-state index in [9.17, 15) is 0 Å². The van der Waals surface area contributed by atoms with Crippen molar-refractivity contribution in [1.29, 1.82) is 0 Å². The highest BCUT2D eigenvalue weighted by Crippen LogP contribution is 2.11. The number of rotatable bonds is 9. The molecule has 2 N–H and O–H groups in total. The van der Waals surface area contributed by atoms with Gasteiger partial charge in [-0.25, -0.2) is 0 Å². The Morgan fingerprint density at radius 2 is 2.12 bits per heavy atom. The fourth-order valence-electron chi connectivity index (χ4n) is 2.67. The average molecular weight is 240 g/mol. The summed E-state index contributed by atoms with van der Waals surface area (Å²) in [6.07, 6.45) is 12.3. The van der Waals surface area contributed by atoms with Crippen molar-refractivity contribution in [2.75, 3.05) is 13.1 Å². The zero-order chi connectivity index (χ0) is 12.3. The van der Waals surface area contributed by atoms with Crippen LogP contribution in [-0.4, -0.2) is 25.2 Å². The first-order chi connectivity index (χ1) is 8.33. The quantitative estimate of drug-likeness (QED) is 0.603. The van der Waals surface area contributed by atoms with E-state index < -0.39 is 0 Å². The summed E-state index contributed by atoms with van der Waals surface area (Å²) in [7, 11) is 0. The Balaban J connectivity index is 1.88. The highest BCUT2D eigenvalue weighted by molar-refractivity contribution is 4.72. The van der Waals surface area contributed by atoms with Gasteiger partial charge in [0.2, 0.25) is 0 Å². The molecule has 0 spiro atoms. The zero-order valence-electron chi connectivity index (χ0n) is 11.9. The molecule has 2 unspecified atom stereocenters. The van der Waals surface area contributed by atoms with Crippen LogP contribution in [0.25, 0.3) is 0 Å². The van der Waals surface area contributed by atoms with Gasteiger partial charge < -0.3 is 10.6 Å². The highest BCUT2D eigenvalue weighted by Gasteiger charge is 2.11. The summed E-state index contributed by atoms with van der Waals surface area (Å²) in [5.74, 6) is 0. The monoisotopic (exact) mass is 240 g/mol. The van der Waals surface area contributed by atoms with Gasteiger partial charge in [-0.05, 0) is 52.1 Å². The van der Waals surface area contributed by atoms with E-state index in [1.54, 1.807) is 0 Å². The topological polar surface area (TPSA) is 24.1 Å². The molecule has 0 aromatic heterocycles. The minimum atomic E-state index is 0.709. The number of hydrogen-bond acceptors (Lipinski definition) is 2. The normalized spacial score (nSPS) is 22.6.